The van der Waals surface area contributed by atoms with Gasteiger partial charge in [-0.15, -0.1) is 0 Å². The fourth-order valence-corrected chi connectivity index (χ4v) is 5.08. The van der Waals surface area contributed by atoms with Gasteiger partial charge >= 0.3 is 12.1 Å². The molecule has 2 aliphatic rings. The van der Waals surface area contributed by atoms with E-state index in [1.807, 2.05) is 6.92 Å². The van der Waals surface area contributed by atoms with Crippen molar-refractivity contribution in [2.75, 3.05) is 31.6 Å². The van der Waals surface area contributed by atoms with Crippen molar-refractivity contribution in [2.24, 2.45) is 11.8 Å². The molecule has 2 fully saturated rings. The molecule has 0 spiro atoms. The van der Waals surface area contributed by atoms with Crippen molar-refractivity contribution in [3.8, 4) is 11.8 Å². The highest BCUT2D eigenvalue weighted by Gasteiger charge is 2.52. The minimum absolute atomic E-state index is 0.0952. The highest BCUT2D eigenvalue weighted by molar-refractivity contribution is 6.33. The zero-order valence-electron chi connectivity index (χ0n) is 19.8. The van der Waals surface area contributed by atoms with E-state index in [0.717, 1.165) is 5.69 Å². The van der Waals surface area contributed by atoms with E-state index in [1.54, 1.807) is 12.3 Å². The SMILES string of the molecule is COc1cc(N2CC[C@@H](Oc3cnc([C@@]4(CC(=O)O)C[C@@H](C(F)(F)F)CN4)cn3)[C@H](C)C2)c(Cl)cn1. The molecule has 4 rings (SSSR count). The number of alkyl halides is 3. The normalized spacial score (nSPS) is 26.6. The largest absolute Gasteiger partial charge is 0.481 e. The summed E-state index contributed by atoms with van der Waals surface area (Å²) in [6, 6.07) is 1.79. The number of nitrogens with zero attached hydrogens (tertiary/aromatic N) is 4. The molecule has 0 unspecified atom stereocenters. The van der Waals surface area contributed by atoms with Crippen LogP contribution in [0.5, 0.6) is 11.8 Å². The van der Waals surface area contributed by atoms with Gasteiger partial charge in [-0.05, 0) is 6.42 Å². The molecule has 0 bridgehead atoms. The number of aromatic nitrogens is 3. The smallest absolute Gasteiger partial charge is 0.393 e. The minimum Gasteiger partial charge on any atom is -0.481 e. The number of carbonyl (C=O) groups is 1. The quantitative estimate of drug-likeness (QED) is 0.555. The van der Waals surface area contributed by atoms with Gasteiger partial charge in [0.15, 0.2) is 0 Å². The number of halogens is 4. The van der Waals surface area contributed by atoms with Gasteiger partial charge in [0.05, 0.1) is 60.0 Å². The Balaban J connectivity index is 1.43. The number of carboxylic acids is 1. The van der Waals surface area contributed by atoms with E-state index in [4.69, 9.17) is 21.1 Å². The minimum atomic E-state index is -4.43. The van der Waals surface area contributed by atoms with Crippen molar-refractivity contribution in [3.63, 3.8) is 0 Å². The predicted molar refractivity (Wildman–Crippen MR) is 124 cm³/mol. The number of nitrogens with one attached hydrogen (secondary N) is 1. The van der Waals surface area contributed by atoms with E-state index in [2.05, 4.69) is 25.2 Å². The first-order valence-corrected chi connectivity index (χ1v) is 11.9. The Morgan fingerprint density at radius 3 is 2.61 bits per heavy atom. The lowest BCUT2D eigenvalue weighted by molar-refractivity contribution is -0.170. The molecule has 0 aliphatic carbocycles. The lowest BCUT2D eigenvalue weighted by Gasteiger charge is -2.38. The average Bonchev–Trinajstić information content (AvgIpc) is 3.26. The van der Waals surface area contributed by atoms with Crippen molar-refractivity contribution in [2.45, 2.75) is 44.0 Å². The van der Waals surface area contributed by atoms with Gasteiger partial charge in [0.2, 0.25) is 11.8 Å². The maximum Gasteiger partial charge on any atom is 0.393 e. The van der Waals surface area contributed by atoms with Gasteiger partial charge in [-0.1, -0.05) is 18.5 Å². The van der Waals surface area contributed by atoms with Gasteiger partial charge in [0.25, 0.3) is 0 Å². The number of aliphatic carboxylic acids is 1. The van der Waals surface area contributed by atoms with Crippen LogP contribution in [0.25, 0.3) is 0 Å². The average molecular weight is 530 g/mol. The van der Waals surface area contributed by atoms with Crippen LogP contribution in [0.4, 0.5) is 18.9 Å². The molecule has 4 atom stereocenters. The first kappa shape index (κ1) is 26.2. The van der Waals surface area contributed by atoms with Crippen LogP contribution in [0.2, 0.25) is 5.02 Å². The Morgan fingerprint density at radius 2 is 2.03 bits per heavy atom. The summed E-state index contributed by atoms with van der Waals surface area (Å²) in [4.78, 5) is 26.2. The van der Waals surface area contributed by atoms with Crippen LogP contribution in [0.3, 0.4) is 0 Å². The molecule has 2 aromatic heterocycles. The first-order chi connectivity index (χ1) is 17.0. The van der Waals surface area contributed by atoms with Crippen LogP contribution < -0.4 is 19.7 Å². The summed E-state index contributed by atoms with van der Waals surface area (Å²) >= 11 is 6.33. The van der Waals surface area contributed by atoms with Crippen LogP contribution in [0, 0.1) is 11.8 Å². The summed E-state index contributed by atoms with van der Waals surface area (Å²) in [7, 11) is 1.54. The molecule has 0 aromatic carbocycles. The molecule has 2 saturated heterocycles. The van der Waals surface area contributed by atoms with Gasteiger partial charge in [0, 0.05) is 38.0 Å². The van der Waals surface area contributed by atoms with Crippen LogP contribution in [-0.2, 0) is 10.3 Å². The number of anilines is 1. The van der Waals surface area contributed by atoms with Crippen molar-refractivity contribution < 1.29 is 32.5 Å². The zero-order chi connectivity index (χ0) is 26.1. The Hall–Kier alpha value is -2.86. The number of piperidine rings is 1. The highest BCUT2D eigenvalue weighted by atomic mass is 35.5. The summed E-state index contributed by atoms with van der Waals surface area (Å²) in [6.45, 7) is 2.98. The van der Waals surface area contributed by atoms with E-state index < -0.39 is 36.4 Å². The Labute approximate surface area is 211 Å². The molecule has 36 heavy (non-hydrogen) atoms. The van der Waals surface area contributed by atoms with E-state index >= 15 is 0 Å². The standard InChI is InChI=1S/C23H27ClF3N5O4/c1-13-12-32(16-5-19(35-2)29-9-15(16)24)4-3-17(13)36-20-11-28-18(10-30-20)22(7-21(33)34)6-14(8-31-22)23(25,26)27/h5,9-11,13-14,17,31H,3-4,6-8,12H2,1-2H3,(H,33,34)/t13-,14-,17-,22+/m1/s1. The van der Waals surface area contributed by atoms with Gasteiger partial charge in [0.1, 0.15) is 6.10 Å². The Bertz CT molecular complexity index is 1090. The number of methoxy groups -OCH3 is 1. The summed E-state index contributed by atoms with van der Waals surface area (Å²) in [6.07, 6.45) is -0.701. The molecule has 0 radical (unpaired) electrons. The van der Waals surface area contributed by atoms with E-state index in [1.165, 1.54) is 19.5 Å². The van der Waals surface area contributed by atoms with E-state index in [9.17, 15) is 23.1 Å². The fourth-order valence-electron chi connectivity index (χ4n) is 4.85. The fraction of sp³-hybridized carbons (Fsp3) is 0.565. The lowest BCUT2D eigenvalue weighted by atomic mass is 9.86. The third-order valence-corrected chi connectivity index (χ3v) is 7.07. The molecule has 2 aliphatic heterocycles. The van der Waals surface area contributed by atoms with Crippen LogP contribution in [0.1, 0.15) is 31.9 Å². The summed E-state index contributed by atoms with van der Waals surface area (Å²) in [5.41, 5.74) is -0.475. The topological polar surface area (TPSA) is 110 Å². The van der Waals surface area contributed by atoms with Crippen molar-refractivity contribution in [1.82, 2.24) is 20.3 Å². The number of ether oxygens (including phenoxy) is 2. The van der Waals surface area contributed by atoms with Crippen LogP contribution in [0.15, 0.2) is 24.7 Å². The molecule has 2 N–H and O–H groups in total. The maximum absolute atomic E-state index is 13.3. The van der Waals surface area contributed by atoms with E-state index in [-0.39, 0.29) is 30.1 Å². The monoisotopic (exact) mass is 529 g/mol. The second kappa shape index (κ2) is 10.3. The third kappa shape index (κ3) is 5.59. The molecule has 196 valence electrons. The Kier molecular flexibility index (Phi) is 7.46. The number of pyridine rings is 1. The summed E-state index contributed by atoms with van der Waals surface area (Å²) < 4.78 is 51.0. The van der Waals surface area contributed by atoms with Crippen LogP contribution >= 0.6 is 11.6 Å². The molecular formula is C23H27ClF3N5O4. The second-order valence-corrected chi connectivity index (χ2v) is 9.67. The first-order valence-electron chi connectivity index (χ1n) is 11.5. The van der Waals surface area contributed by atoms with Gasteiger partial charge < -0.3 is 24.8 Å². The van der Waals surface area contributed by atoms with Gasteiger partial charge in [-0.3, -0.25) is 9.78 Å². The molecule has 0 saturated carbocycles. The molecule has 0 amide bonds. The number of carboxylic acid groups (broad SMARTS) is 1. The summed E-state index contributed by atoms with van der Waals surface area (Å²) in [5.74, 6) is -2.09. The van der Waals surface area contributed by atoms with Gasteiger partial charge in [-0.2, -0.15) is 13.2 Å². The summed E-state index contributed by atoms with van der Waals surface area (Å²) in [5, 5.41) is 12.6. The highest BCUT2D eigenvalue weighted by Crippen LogP contribution is 2.43. The lowest BCUT2D eigenvalue weighted by Crippen LogP contribution is -2.44. The van der Waals surface area contributed by atoms with Crippen molar-refractivity contribution >= 4 is 23.3 Å². The molecule has 13 heteroatoms. The zero-order valence-corrected chi connectivity index (χ0v) is 20.5. The van der Waals surface area contributed by atoms with Gasteiger partial charge in [-0.25, -0.2) is 9.97 Å². The van der Waals surface area contributed by atoms with Crippen LogP contribution in [-0.4, -0.2) is 65.1 Å². The number of hydrogen-bond donors (Lipinski definition) is 2. The molecule has 4 heterocycles. The number of rotatable bonds is 7. The third-order valence-electron chi connectivity index (χ3n) is 6.77. The maximum atomic E-state index is 13.3. The number of hydrogen-bond acceptors (Lipinski definition) is 8. The second-order valence-electron chi connectivity index (χ2n) is 9.26. The molecular weight excluding hydrogens is 503 g/mol. The van der Waals surface area contributed by atoms with Crippen molar-refractivity contribution in [3.05, 3.63) is 35.4 Å². The van der Waals surface area contributed by atoms with Crippen molar-refractivity contribution in [1.29, 1.82) is 0 Å². The molecule has 9 nitrogen and oxygen atoms in total. The predicted octanol–water partition coefficient (Wildman–Crippen LogP) is 3.67. The Morgan fingerprint density at radius 1 is 1.28 bits per heavy atom. The van der Waals surface area contributed by atoms with E-state index in [0.29, 0.717) is 30.4 Å². The molecule has 2 aromatic rings.